The Balaban J connectivity index is 2.01. The van der Waals surface area contributed by atoms with Crippen molar-refractivity contribution in [2.24, 2.45) is 0 Å². The van der Waals surface area contributed by atoms with Crippen LogP contribution in [0.3, 0.4) is 0 Å². The van der Waals surface area contributed by atoms with E-state index in [-0.39, 0.29) is 5.82 Å². The Bertz CT molecular complexity index is 855. The molecule has 30 heavy (non-hydrogen) atoms. The van der Waals surface area contributed by atoms with Gasteiger partial charge in [-0.05, 0) is 25.1 Å². The van der Waals surface area contributed by atoms with E-state index in [4.69, 9.17) is 20.1 Å². The van der Waals surface area contributed by atoms with Crippen molar-refractivity contribution in [1.29, 1.82) is 0 Å². The van der Waals surface area contributed by atoms with Crippen LogP contribution in [-0.2, 0) is 4.74 Å². The molecule has 1 aliphatic heterocycles. The average molecular weight is 417 g/mol. The van der Waals surface area contributed by atoms with Crippen LogP contribution in [0, 0.1) is 5.82 Å². The Labute approximate surface area is 176 Å². The average Bonchev–Trinajstić information content (AvgIpc) is 2.77. The van der Waals surface area contributed by atoms with E-state index in [9.17, 15) is 4.39 Å². The normalized spacial score (nSPS) is 13.9. The maximum absolute atomic E-state index is 13.7. The molecule has 3 rings (SSSR count). The molecule has 1 fully saturated rings. The van der Waals surface area contributed by atoms with E-state index in [1.54, 1.807) is 12.1 Å². The van der Waals surface area contributed by atoms with Gasteiger partial charge in [-0.15, -0.1) is 0 Å². The van der Waals surface area contributed by atoms with E-state index in [1.165, 1.54) is 12.1 Å². The van der Waals surface area contributed by atoms with Crippen LogP contribution in [-0.4, -0.2) is 61.6 Å². The number of benzene rings is 1. The van der Waals surface area contributed by atoms with Crippen molar-refractivity contribution in [3.63, 3.8) is 0 Å². The first-order valence-corrected chi connectivity index (χ1v) is 10.5. The highest BCUT2D eigenvalue weighted by atomic mass is 19.1. The molecule has 1 aliphatic rings. The van der Waals surface area contributed by atoms with Crippen molar-refractivity contribution >= 4 is 28.9 Å². The molecule has 1 saturated heterocycles. The van der Waals surface area contributed by atoms with E-state index in [2.05, 4.69) is 20.9 Å². The maximum Gasteiger partial charge on any atom is 0.228 e. The second-order valence-corrected chi connectivity index (χ2v) is 6.97. The Morgan fingerprint density at radius 2 is 2.07 bits per heavy atom. The first-order valence-electron chi connectivity index (χ1n) is 10.5. The van der Waals surface area contributed by atoms with Crippen LogP contribution in [0.25, 0.3) is 0 Å². The van der Waals surface area contributed by atoms with Gasteiger partial charge in [0.05, 0.1) is 6.61 Å². The second-order valence-electron chi connectivity index (χ2n) is 6.97. The summed E-state index contributed by atoms with van der Waals surface area (Å²) < 4.78 is 19.2. The van der Waals surface area contributed by atoms with Crippen molar-refractivity contribution in [2.45, 2.75) is 20.3 Å². The molecule has 0 amide bonds. The fourth-order valence-electron chi connectivity index (χ4n) is 3.21. The van der Waals surface area contributed by atoms with Gasteiger partial charge in [0.2, 0.25) is 11.7 Å². The van der Waals surface area contributed by atoms with Crippen molar-refractivity contribution in [2.75, 3.05) is 61.5 Å². The molecule has 1 aromatic heterocycles. The molecule has 9 heteroatoms. The lowest BCUT2D eigenvalue weighted by Crippen LogP contribution is -2.45. The molecule has 0 radical (unpaired) electrons. The van der Waals surface area contributed by atoms with Crippen molar-refractivity contribution in [1.82, 2.24) is 15.3 Å². The number of nitrogens with one attached hydrogen (secondary N) is 3. The Morgan fingerprint density at radius 3 is 2.77 bits per heavy atom. The van der Waals surface area contributed by atoms with Crippen LogP contribution < -0.4 is 26.3 Å². The summed E-state index contributed by atoms with van der Waals surface area (Å²) in [6, 6.07) is 6.30. The van der Waals surface area contributed by atoms with Gasteiger partial charge in [0.1, 0.15) is 11.5 Å². The maximum atomic E-state index is 13.7. The van der Waals surface area contributed by atoms with Gasteiger partial charge in [-0.3, -0.25) is 5.41 Å². The number of piperazine rings is 1. The molecule has 5 N–H and O–H groups in total. The highest BCUT2D eigenvalue weighted by molar-refractivity contribution is 6.02. The third kappa shape index (κ3) is 5.64. The summed E-state index contributed by atoms with van der Waals surface area (Å²) in [6.07, 6.45) is 0.650. The molecule has 1 aromatic carbocycles. The van der Waals surface area contributed by atoms with Gasteiger partial charge < -0.3 is 25.6 Å². The molecule has 0 saturated carbocycles. The number of hydrogen-bond acceptors (Lipinski definition) is 7. The molecule has 8 nitrogen and oxygen atoms in total. The predicted octanol–water partition coefficient (Wildman–Crippen LogP) is 1.18. The minimum atomic E-state index is -0.318. The number of halogens is 1. The van der Waals surface area contributed by atoms with Crippen LogP contribution in [0.4, 0.5) is 27.5 Å². The van der Waals surface area contributed by atoms with Crippen molar-refractivity contribution in [3.05, 3.63) is 35.8 Å². The summed E-state index contributed by atoms with van der Waals surface area (Å²) >= 11 is 0. The molecule has 162 valence electrons. The number of ether oxygens (including phenoxy) is 1. The lowest BCUT2D eigenvalue weighted by molar-refractivity contribution is -0.115. The minimum absolute atomic E-state index is 0.318. The summed E-state index contributed by atoms with van der Waals surface area (Å²) in [5.74, 6) is 0.853. The zero-order chi connectivity index (χ0) is 21.3. The number of rotatable bonds is 10. The predicted molar refractivity (Wildman–Crippen MR) is 118 cm³/mol. The summed E-state index contributed by atoms with van der Waals surface area (Å²) in [5, 5.41) is 16.3. The molecular weight excluding hydrogens is 385 g/mol. The minimum Gasteiger partial charge on any atom is -0.380 e. The topological polar surface area (TPSA) is 99.9 Å². The SMILES string of the molecule is CCOCCNc1c(Nc2cccc(F)c2)nc(N2CCNCC2)nc1C(=[NH2+])CC. The lowest BCUT2D eigenvalue weighted by Gasteiger charge is -2.28. The monoisotopic (exact) mass is 416 g/mol. The van der Waals surface area contributed by atoms with Gasteiger partial charge in [-0.25, -0.2) is 9.37 Å². The highest BCUT2D eigenvalue weighted by Gasteiger charge is 2.23. The highest BCUT2D eigenvalue weighted by Crippen LogP contribution is 2.29. The van der Waals surface area contributed by atoms with Gasteiger partial charge in [-0.2, -0.15) is 4.98 Å². The molecule has 0 atom stereocenters. The number of aromatic nitrogens is 2. The Morgan fingerprint density at radius 1 is 1.27 bits per heavy atom. The van der Waals surface area contributed by atoms with Gasteiger partial charge in [0, 0.05) is 51.4 Å². The van der Waals surface area contributed by atoms with E-state index in [0.717, 1.165) is 26.2 Å². The number of nitrogens with zero attached hydrogens (tertiary/aromatic N) is 3. The fourth-order valence-corrected chi connectivity index (χ4v) is 3.21. The van der Waals surface area contributed by atoms with Gasteiger partial charge >= 0.3 is 0 Å². The first-order chi connectivity index (χ1) is 14.6. The number of hydrogen-bond donors (Lipinski definition) is 4. The lowest BCUT2D eigenvalue weighted by atomic mass is 10.1. The number of anilines is 4. The number of nitrogens with two attached hydrogens (primary N) is 1. The Hall–Kier alpha value is -2.78. The molecular formula is C21H31FN7O+. The third-order valence-electron chi connectivity index (χ3n) is 4.82. The zero-order valence-corrected chi connectivity index (χ0v) is 17.7. The largest absolute Gasteiger partial charge is 0.380 e. The smallest absolute Gasteiger partial charge is 0.228 e. The molecule has 0 unspecified atom stereocenters. The van der Waals surface area contributed by atoms with Crippen LogP contribution in [0.15, 0.2) is 24.3 Å². The van der Waals surface area contributed by atoms with Crippen LogP contribution in [0.5, 0.6) is 0 Å². The quantitative estimate of drug-likeness (QED) is 0.341. The van der Waals surface area contributed by atoms with E-state index < -0.39 is 0 Å². The van der Waals surface area contributed by atoms with Crippen LogP contribution in [0.2, 0.25) is 0 Å². The second kappa shape index (κ2) is 10.8. The summed E-state index contributed by atoms with van der Waals surface area (Å²) in [7, 11) is 0. The molecule has 0 spiro atoms. The van der Waals surface area contributed by atoms with E-state index in [1.807, 2.05) is 13.8 Å². The van der Waals surface area contributed by atoms with Crippen molar-refractivity contribution in [3.8, 4) is 0 Å². The van der Waals surface area contributed by atoms with Crippen LogP contribution in [0.1, 0.15) is 26.0 Å². The summed E-state index contributed by atoms with van der Waals surface area (Å²) in [6.45, 7) is 9.06. The van der Waals surface area contributed by atoms with Crippen LogP contribution >= 0.6 is 0 Å². The Kier molecular flexibility index (Phi) is 7.92. The molecule has 2 aromatic rings. The zero-order valence-electron chi connectivity index (χ0n) is 17.7. The molecule has 2 heterocycles. The van der Waals surface area contributed by atoms with Crippen molar-refractivity contribution < 1.29 is 14.5 Å². The first kappa shape index (κ1) is 21.9. The summed E-state index contributed by atoms with van der Waals surface area (Å²) in [5.41, 5.74) is 2.62. The fraction of sp³-hybridized carbons (Fsp3) is 0.476. The van der Waals surface area contributed by atoms with Gasteiger partial charge in [-0.1, -0.05) is 13.0 Å². The van der Waals surface area contributed by atoms with Gasteiger partial charge in [0.25, 0.3) is 0 Å². The molecule has 0 aliphatic carbocycles. The molecule has 0 bridgehead atoms. The summed E-state index contributed by atoms with van der Waals surface area (Å²) in [4.78, 5) is 11.7. The third-order valence-corrected chi connectivity index (χ3v) is 4.82. The van der Waals surface area contributed by atoms with E-state index in [0.29, 0.717) is 60.7 Å². The standard InChI is InChI=1S/C21H30FN7O/c1-3-17(23)18-19(25-10-13-30-4-2)20(26-16-7-5-6-15(22)14-16)28-21(27-18)29-11-8-24-9-12-29/h5-7,14,23-25H,3-4,8-13H2,1-2H3,(H,26,27,28)/p+1. The van der Waals surface area contributed by atoms with Gasteiger partial charge in [0.15, 0.2) is 11.5 Å². The van der Waals surface area contributed by atoms with E-state index >= 15 is 0 Å².